The maximum Gasteiger partial charge on any atom is 0.0300 e. The lowest BCUT2D eigenvalue weighted by Crippen LogP contribution is -2.38. The van der Waals surface area contributed by atoms with Gasteiger partial charge in [0.1, 0.15) is 0 Å². The zero-order chi connectivity index (χ0) is 13.7. The van der Waals surface area contributed by atoms with Crippen LogP contribution in [0.5, 0.6) is 0 Å². The van der Waals surface area contributed by atoms with Crippen molar-refractivity contribution in [3.8, 4) is 0 Å². The number of hydrogen-bond donors (Lipinski definition) is 2. The summed E-state index contributed by atoms with van der Waals surface area (Å²) in [5.74, 6) is 5.67. The summed E-state index contributed by atoms with van der Waals surface area (Å²) in [6.45, 7) is 4.28. The summed E-state index contributed by atoms with van der Waals surface area (Å²) in [4.78, 5) is 4.14. The zero-order valence-electron chi connectivity index (χ0n) is 11.6. The van der Waals surface area contributed by atoms with Crippen LogP contribution in [-0.2, 0) is 12.8 Å². The molecule has 3 nitrogen and oxygen atoms in total. The fourth-order valence-electron chi connectivity index (χ4n) is 2.21. The molecule has 2 aromatic rings. The highest BCUT2D eigenvalue weighted by Gasteiger charge is 2.09. The molecule has 0 bridgehead atoms. The second-order valence-corrected chi connectivity index (χ2v) is 5.05. The third-order valence-electron chi connectivity index (χ3n) is 3.49. The Balaban J connectivity index is 2.04. The lowest BCUT2D eigenvalue weighted by molar-refractivity contribution is 0.522. The molecule has 0 aliphatic rings. The zero-order valence-corrected chi connectivity index (χ0v) is 11.6. The van der Waals surface area contributed by atoms with E-state index in [4.69, 9.17) is 5.84 Å². The number of rotatable bonds is 5. The van der Waals surface area contributed by atoms with Crippen LogP contribution in [0.25, 0.3) is 0 Å². The van der Waals surface area contributed by atoms with E-state index in [-0.39, 0.29) is 6.04 Å². The van der Waals surface area contributed by atoms with Crippen molar-refractivity contribution in [3.63, 3.8) is 0 Å². The van der Waals surface area contributed by atoms with Gasteiger partial charge in [-0.25, -0.2) is 0 Å². The van der Waals surface area contributed by atoms with E-state index in [1.54, 1.807) is 6.20 Å². The van der Waals surface area contributed by atoms with Gasteiger partial charge in [0.05, 0.1) is 0 Å². The first-order chi connectivity index (χ1) is 9.19. The number of aryl methyl sites for hydroxylation is 2. The van der Waals surface area contributed by atoms with Crippen molar-refractivity contribution in [1.82, 2.24) is 10.4 Å². The average molecular weight is 255 g/mol. The minimum Gasteiger partial charge on any atom is -0.271 e. The summed E-state index contributed by atoms with van der Waals surface area (Å²) in [6.07, 6.45) is 5.49. The highest BCUT2D eigenvalue weighted by molar-refractivity contribution is 5.30. The molecule has 0 amide bonds. The molecule has 100 valence electrons. The van der Waals surface area contributed by atoms with Gasteiger partial charge < -0.3 is 0 Å². The topological polar surface area (TPSA) is 50.9 Å². The van der Waals surface area contributed by atoms with Crippen LogP contribution in [0.2, 0.25) is 0 Å². The molecular formula is C16H21N3. The van der Waals surface area contributed by atoms with Crippen LogP contribution in [0, 0.1) is 13.8 Å². The van der Waals surface area contributed by atoms with Crippen LogP contribution in [0.15, 0.2) is 42.7 Å². The molecule has 19 heavy (non-hydrogen) atoms. The van der Waals surface area contributed by atoms with Crippen LogP contribution in [-0.4, -0.2) is 11.0 Å². The smallest absolute Gasteiger partial charge is 0.0300 e. The number of aromatic nitrogens is 1. The largest absolute Gasteiger partial charge is 0.271 e. The van der Waals surface area contributed by atoms with E-state index in [2.05, 4.69) is 48.5 Å². The molecule has 0 spiro atoms. The fraction of sp³-hybridized carbons (Fsp3) is 0.312. The number of hydrogen-bond acceptors (Lipinski definition) is 3. The van der Waals surface area contributed by atoms with Gasteiger partial charge in [0.15, 0.2) is 0 Å². The lowest BCUT2D eigenvalue weighted by Gasteiger charge is -2.16. The Morgan fingerprint density at radius 1 is 1.11 bits per heavy atom. The van der Waals surface area contributed by atoms with Crippen molar-refractivity contribution in [1.29, 1.82) is 0 Å². The Labute approximate surface area is 114 Å². The monoisotopic (exact) mass is 255 g/mol. The molecule has 0 radical (unpaired) electrons. The first kappa shape index (κ1) is 13.7. The molecule has 2 rings (SSSR count). The minimum atomic E-state index is 0.228. The number of pyridine rings is 1. The summed E-state index contributed by atoms with van der Waals surface area (Å²) < 4.78 is 0. The minimum absolute atomic E-state index is 0.228. The normalized spacial score (nSPS) is 12.4. The van der Waals surface area contributed by atoms with E-state index in [9.17, 15) is 0 Å². The SMILES string of the molecule is Cc1ccc(CC(Cc2cccnc2)NN)cc1C. The van der Waals surface area contributed by atoms with E-state index < -0.39 is 0 Å². The number of nitrogens with one attached hydrogen (secondary N) is 1. The molecule has 0 fully saturated rings. The second kappa shape index (κ2) is 6.45. The molecule has 3 heteroatoms. The van der Waals surface area contributed by atoms with Crippen LogP contribution in [0.1, 0.15) is 22.3 Å². The van der Waals surface area contributed by atoms with Crippen LogP contribution in [0.3, 0.4) is 0 Å². The van der Waals surface area contributed by atoms with Crippen molar-refractivity contribution >= 4 is 0 Å². The van der Waals surface area contributed by atoms with Crippen LogP contribution < -0.4 is 11.3 Å². The van der Waals surface area contributed by atoms with Crippen molar-refractivity contribution in [2.24, 2.45) is 5.84 Å². The summed E-state index contributed by atoms with van der Waals surface area (Å²) in [5, 5.41) is 0. The highest BCUT2D eigenvalue weighted by Crippen LogP contribution is 2.13. The molecule has 0 saturated carbocycles. The first-order valence-corrected chi connectivity index (χ1v) is 6.60. The predicted molar refractivity (Wildman–Crippen MR) is 78.7 cm³/mol. The summed E-state index contributed by atoms with van der Waals surface area (Å²) in [6, 6.07) is 10.9. The molecular weight excluding hydrogens is 234 g/mol. The van der Waals surface area contributed by atoms with Crippen molar-refractivity contribution < 1.29 is 0 Å². The Bertz CT molecular complexity index is 523. The molecule has 1 unspecified atom stereocenters. The third kappa shape index (κ3) is 3.88. The molecule has 3 N–H and O–H groups in total. The molecule has 0 aliphatic heterocycles. The lowest BCUT2D eigenvalue weighted by atomic mass is 9.98. The standard InChI is InChI=1S/C16H21N3/c1-12-5-6-14(8-13(12)2)9-16(19-17)10-15-4-3-7-18-11-15/h3-8,11,16,19H,9-10,17H2,1-2H3. The molecule has 0 saturated heterocycles. The molecule has 1 heterocycles. The Morgan fingerprint density at radius 3 is 2.53 bits per heavy atom. The maximum absolute atomic E-state index is 5.67. The Morgan fingerprint density at radius 2 is 1.89 bits per heavy atom. The van der Waals surface area contributed by atoms with E-state index in [1.807, 2.05) is 12.3 Å². The van der Waals surface area contributed by atoms with Gasteiger partial charge >= 0.3 is 0 Å². The van der Waals surface area contributed by atoms with Gasteiger partial charge in [-0.05, 0) is 55.0 Å². The van der Waals surface area contributed by atoms with Crippen molar-refractivity contribution in [2.45, 2.75) is 32.7 Å². The van der Waals surface area contributed by atoms with E-state index in [0.29, 0.717) is 0 Å². The van der Waals surface area contributed by atoms with Gasteiger partial charge in [0, 0.05) is 18.4 Å². The van der Waals surface area contributed by atoms with Gasteiger partial charge in [-0.2, -0.15) is 0 Å². The number of nitrogens with two attached hydrogens (primary N) is 1. The van der Waals surface area contributed by atoms with E-state index in [1.165, 1.54) is 22.3 Å². The highest BCUT2D eigenvalue weighted by atomic mass is 15.2. The quantitative estimate of drug-likeness (QED) is 0.637. The predicted octanol–water partition coefficient (Wildman–Crippen LogP) is 2.32. The van der Waals surface area contributed by atoms with Crippen molar-refractivity contribution in [3.05, 3.63) is 65.0 Å². The van der Waals surface area contributed by atoms with E-state index in [0.717, 1.165) is 12.8 Å². The van der Waals surface area contributed by atoms with Gasteiger partial charge in [0.25, 0.3) is 0 Å². The first-order valence-electron chi connectivity index (χ1n) is 6.60. The third-order valence-corrected chi connectivity index (χ3v) is 3.49. The molecule has 1 atom stereocenters. The number of benzene rings is 1. The summed E-state index contributed by atoms with van der Waals surface area (Å²) in [7, 11) is 0. The van der Waals surface area contributed by atoms with Crippen molar-refractivity contribution in [2.75, 3.05) is 0 Å². The average Bonchev–Trinajstić information content (AvgIpc) is 2.43. The maximum atomic E-state index is 5.67. The fourth-order valence-corrected chi connectivity index (χ4v) is 2.21. The van der Waals surface area contributed by atoms with Crippen LogP contribution >= 0.6 is 0 Å². The van der Waals surface area contributed by atoms with Gasteiger partial charge in [0.2, 0.25) is 0 Å². The molecule has 1 aromatic heterocycles. The Kier molecular flexibility index (Phi) is 4.66. The second-order valence-electron chi connectivity index (χ2n) is 5.05. The number of hydrazine groups is 1. The van der Waals surface area contributed by atoms with Gasteiger partial charge in [-0.1, -0.05) is 24.3 Å². The molecule has 1 aromatic carbocycles. The Hall–Kier alpha value is -1.71. The summed E-state index contributed by atoms with van der Waals surface area (Å²) in [5.41, 5.74) is 8.08. The van der Waals surface area contributed by atoms with E-state index >= 15 is 0 Å². The summed E-state index contributed by atoms with van der Waals surface area (Å²) >= 11 is 0. The van der Waals surface area contributed by atoms with Gasteiger partial charge in [-0.3, -0.25) is 16.3 Å². The van der Waals surface area contributed by atoms with Gasteiger partial charge in [-0.15, -0.1) is 0 Å². The van der Waals surface area contributed by atoms with Crippen LogP contribution in [0.4, 0.5) is 0 Å². The molecule has 0 aliphatic carbocycles. The number of nitrogens with zero attached hydrogens (tertiary/aromatic N) is 1.